The lowest BCUT2D eigenvalue weighted by molar-refractivity contribution is -0.129. The topological polar surface area (TPSA) is 104 Å². The predicted molar refractivity (Wildman–Crippen MR) is 126 cm³/mol. The molecular weight excluding hydrogens is 410 g/mol. The zero-order chi connectivity index (χ0) is 22.8. The molecule has 172 valence electrons. The Morgan fingerprint density at radius 1 is 1.29 bits per heavy atom. The van der Waals surface area contributed by atoms with E-state index in [1.54, 1.807) is 25.1 Å². The van der Waals surface area contributed by atoms with E-state index in [-0.39, 0.29) is 41.0 Å². The van der Waals surface area contributed by atoms with Crippen LogP contribution in [0.15, 0.2) is 18.2 Å². The van der Waals surface area contributed by atoms with Gasteiger partial charge in [-0.2, -0.15) is 11.8 Å². The fourth-order valence-electron chi connectivity index (χ4n) is 4.92. The zero-order valence-electron chi connectivity index (χ0n) is 19.1. The Kier molecular flexibility index (Phi) is 7.58. The molecule has 1 unspecified atom stereocenters. The molecule has 6 nitrogen and oxygen atoms in total. The number of aromatic hydroxyl groups is 1. The summed E-state index contributed by atoms with van der Waals surface area (Å²) in [6.07, 6.45) is 3.90. The monoisotopic (exact) mass is 447 g/mol. The second-order valence-corrected chi connectivity index (χ2v) is 11.5. The van der Waals surface area contributed by atoms with Gasteiger partial charge in [0.25, 0.3) is 5.91 Å². The number of rotatable bonds is 6. The number of hydrogen-bond acceptors (Lipinski definition) is 5. The van der Waals surface area contributed by atoms with Gasteiger partial charge < -0.3 is 21.5 Å². The zero-order valence-corrected chi connectivity index (χ0v) is 19.9. The number of nitrogens with one attached hydrogen (secondary N) is 2. The third kappa shape index (κ3) is 6.16. The first kappa shape index (κ1) is 23.9. The minimum Gasteiger partial charge on any atom is -0.508 e. The highest BCUT2D eigenvalue weighted by Crippen LogP contribution is 2.47. The minimum absolute atomic E-state index is 0.0267. The molecule has 1 saturated heterocycles. The van der Waals surface area contributed by atoms with Crippen LogP contribution in [0.5, 0.6) is 5.75 Å². The minimum atomic E-state index is -0.253. The first-order chi connectivity index (χ1) is 14.5. The van der Waals surface area contributed by atoms with Crippen LogP contribution in [0.25, 0.3) is 0 Å². The van der Waals surface area contributed by atoms with Crippen molar-refractivity contribution in [2.75, 3.05) is 12.3 Å². The molecule has 1 aromatic carbocycles. The average molecular weight is 448 g/mol. The fourth-order valence-corrected chi connectivity index (χ4v) is 6.53. The van der Waals surface area contributed by atoms with Gasteiger partial charge in [-0.25, -0.2) is 0 Å². The van der Waals surface area contributed by atoms with Crippen LogP contribution in [0.2, 0.25) is 0 Å². The van der Waals surface area contributed by atoms with Gasteiger partial charge in [-0.05, 0) is 83.1 Å². The van der Waals surface area contributed by atoms with Gasteiger partial charge in [0, 0.05) is 40.4 Å². The van der Waals surface area contributed by atoms with Crippen molar-refractivity contribution in [2.45, 2.75) is 70.2 Å². The third-order valence-electron chi connectivity index (χ3n) is 6.52. The van der Waals surface area contributed by atoms with Gasteiger partial charge in [0.15, 0.2) is 0 Å². The first-order valence-corrected chi connectivity index (χ1v) is 12.4. The van der Waals surface area contributed by atoms with Crippen molar-refractivity contribution >= 4 is 23.6 Å². The molecule has 0 spiro atoms. The molecule has 3 rings (SSSR count). The molecule has 2 aliphatic rings. The van der Waals surface area contributed by atoms with E-state index in [2.05, 4.69) is 10.6 Å². The van der Waals surface area contributed by atoms with E-state index in [1.165, 1.54) is 12.2 Å². The lowest BCUT2D eigenvalue weighted by Gasteiger charge is -2.39. The number of hydrogen-bond donors (Lipinski definition) is 4. The van der Waals surface area contributed by atoms with Crippen LogP contribution >= 0.6 is 11.8 Å². The Bertz CT molecular complexity index is 808. The largest absolute Gasteiger partial charge is 0.508 e. The van der Waals surface area contributed by atoms with Crippen molar-refractivity contribution in [3.8, 4) is 5.75 Å². The van der Waals surface area contributed by atoms with Crippen molar-refractivity contribution in [3.63, 3.8) is 0 Å². The molecule has 0 radical (unpaired) electrons. The van der Waals surface area contributed by atoms with Crippen molar-refractivity contribution in [1.29, 1.82) is 0 Å². The smallest absolute Gasteiger partial charge is 0.251 e. The van der Waals surface area contributed by atoms with E-state index >= 15 is 0 Å². The maximum Gasteiger partial charge on any atom is 0.251 e. The van der Waals surface area contributed by atoms with E-state index < -0.39 is 0 Å². The lowest BCUT2D eigenvalue weighted by Crippen LogP contribution is -2.49. The highest BCUT2D eigenvalue weighted by Gasteiger charge is 2.43. The van der Waals surface area contributed by atoms with Crippen molar-refractivity contribution in [2.24, 2.45) is 23.5 Å². The molecule has 0 bridgehead atoms. The van der Waals surface area contributed by atoms with Crippen molar-refractivity contribution in [1.82, 2.24) is 10.6 Å². The SMILES string of the molecule is Cc1c(O)cccc1C(=O)NC[C@@H](N)C[C@H]1C[C@H]2CCSC2C[C@H]1C(=O)NC(C)(C)C. The van der Waals surface area contributed by atoms with Crippen LogP contribution in [0.3, 0.4) is 0 Å². The highest BCUT2D eigenvalue weighted by molar-refractivity contribution is 8.00. The summed E-state index contributed by atoms with van der Waals surface area (Å²) < 4.78 is 0. The maximum absolute atomic E-state index is 13.1. The van der Waals surface area contributed by atoms with Gasteiger partial charge in [-0.15, -0.1) is 0 Å². The number of thioether (sulfide) groups is 1. The first-order valence-electron chi connectivity index (χ1n) is 11.3. The van der Waals surface area contributed by atoms with Crippen LogP contribution < -0.4 is 16.4 Å². The number of benzene rings is 1. The van der Waals surface area contributed by atoms with Crippen LogP contribution in [0.4, 0.5) is 0 Å². The van der Waals surface area contributed by atoms with Crippen LogP contribution in [0, 0.1) is 24.7 Å². The quantitative estimate of drug-likeness (QED) is 0.536. The van der Waals surface area contributed by atoms with E-state index in [0.717, 1.165) is 19.3 Å². The number of phenols is 1. The van der Waals surface area contributed by atoms with Gasteiger partial charge in [0.2, 0.25) is 5.91 Å². The molecule has 1 aliphatic carbocycles. The van der Waals surface area contributed by atoms with E-state index in [0.29, 0.717) is 28.8 Å². The highest BCUT2D eigenvalue weighted by atomic mass is 32.2. The Morgan fingerprint density at radius 3 is 2.74 bits per heavy atom. The molecule has 5 N–H and O–H groups in total. The normalized spacial score (nSPS) is 26.7. The van der Waals surface area contributed by atoms with Crippen LogP contribution in [-0.4, -0.2) is 46.0 Å². The molecule has 0 aromatic heterocycles. The molecular formula is C24H37N3O3S. The third-order valence-corrected chi connectivity index (χ3v) is 8.00. The van der Waals surface area contributed by atoms with E-state index in [9.17, 15) is 14.7 Å². The van der Waals surface area contributed by atoms with Crippen LogP contribution in [0.1, 0.15) is 62.4 Å². The summed E-state index contributed by atoms with van der Waals surface area (Å²) in [5.74, 6) is 2.07. The van der Waals surface area contributed by atoms with Gasteiger partial charge >= 0.3 is 0 Å². The molecule has 1 aromatic rings. The summed E-state index contributed by atoms with van der Waals surface area (Å²) in [4.78, 5) is 25.6. The summed E-state index contributed by atoms with van der Waals surface area (Å²) in [5, 5.41) is 16.5. The summed E-state index contributed by atoms with van der Waals surface area (Å²) in [6, 6.07) is 4.70. The van der Waals surface area contributed by atoms with E-state index in [1.807, 2.05) is 32.5 Å². The standard InChI is InChI=1S/C24H37N3O3S/c1-14-18(6-5-7-20(14)28)22(29)26-13-17(25)11-16-10-15-8-9-31-21(15)12-19(16)23(30)27-24(2,3)4/h5-7,15-17,19,21,28H,8-13,25H2,1-4H3,(H,26,29)(H,27,30)/t15-,16-,17+,19-,21?/m1/s1. The Hall–Kier alpha value is -1.73. The predicted octanol–water partition coefficient (Wildman–Crippen LogP) is 3.21. The van der Waals surface area contributed by atoms with Crippen LogP contribution in [-0.2, 0) is 4.79 Å². The molecule has 2 amide bonds. The number of nitrogens with two attached hydrogens (primary N) is 1. The number of amides is 2. The number of fused-ring (bicyclic) bond motifs is 1. The molecule has 7 heteroatoms. The molecule has 31 heavy (non-hydrogen) atoms. The van der Waals surface area contributed by atoms with E-state index in [4.69, 9.17) is 5.73 Å². The summed E-state index contributed by atoms with van der Waals surface area (Å²) in [7, 11) is 0. The van der Waals surface area contributed by atoms with Gasteiger partial charge in [0.1, 0.15) is 5.75 Å². The number of phenolic OH excluding ortho intramolecular Hbond substituents is 1. The summed E-state index contributed by atoms with van der Waals surface area (Å²) in [5.41, 5.74) is 7.19. The lowest BCUT2D eigenvalue weighted by atomic mass is 9.70. The summed E-state index contributed by atoms with van der Waals surface area (Å²) >= 11 is 2.01. The molecule has 1 aliphatic heterocycles. The van der Waals surface area contributed by atoms with Gasteiger partial charge in [-0.3, -0.25) is 9.59 Å². The fraction of sp³-hybridized carbons (Fsp3) is 0.667. The molecule has 2 fully saturated rings. The Morgan fingerprint density at radius 2 is 2.03 bits per heavy atom. The Balaban J connectivity index is 1.61. The number of carbonyl (C=O) groups is 2. The average Bonchev–Trinajstić information content (AvgIpc) is 3.13. The summed E-state index contributed by atoms with van der Waals surface area (Å²) in [6.45, 7) is 8.11. The maximum atomic E-state index is 13.1. The second kappa shape index (κ2) is 9.82. The molecule has 1 saturated carbocycles. The second-order valence-electron chi connectivity index (χ2n) is 10.2. The Labute approximate surface area is 190 Å². The molecule has 1 heterocycles. The van der Waals surface area contributed by atoms with Gasteiger partial charge in [0.05, 0.1) is 0 Å². The molecule has 5 atom stereocenters. The van der Waals surface area contributed by atoms with Crippen molar-refractivity contribution < 1.29 is 14.7 Å². The van der Waals surface area contributed by atoms with Crippen molar-refractivity contribution in [3.05, 3.63) is 29.3 Å². The number of carbonyl (C=O) groups excluding carboxylic acids is 2. The van der Waals surface area contributed by atoms with Gasteiger partial charge in [-0.1, -0.05) is 6.07 Å².